The first-order chi connectivity index (χ1) is 16.7. The number of nitrogens with one attached hydrogen (secondary N) is 1. The molecule has 0 radical (unpaired) electrons. The Morgan fingerprint density at radius 3 is 2.32 bits per heavy atom. The molecule has 1 aromatic heterocycles. The third-order valence-electron chi connectivity index (χ3n) is 4.94. The molecule has 0 aliphatic heterocycles. The van der Waals surface area contributed by atoms with Crippen molar-refractivity contribution in [3.63, 3.8) is 0 Å². The predicted octanol–water partition coefficient (Wildman–Crippen LogP) is 4.97. The van der Waals surface area contributed by atoms with Crippen LogP contribution in [0.1, 0.15) is 19.4 Å². The Hall–Kier alpha value is -3.91. The molecule has 0 saturated carbocycles. The van der Waals surface area contributed by atoms with Gasteiger partial charge in [-0.2, -0.15) is 5.10 Å². The molecular formula is C26H25N5O2S. The molecular weight excluding hydrogens is 446 g/mol. The third-order valence-corrected chi connectivity index (χ3v) is 5.87. The number of thioether (sulfide) groups is 1. The van der Waals surface area contributed by atoms with Crippen LogP contribution in [0.3, 0.4) is 0 Å². The van der Waals surface area contributed by atoms with Crippen molar-refractivity contribution >= 4 is 23.4 Å². The van der Waals surface area contributed by atoms with Crippen LogP contribution in [0.2, 0.25) is 0 Å². The van der Waals surface area contributed by atoms with E-state index in [-0.39, 0.29) is 11.7 Å². The van der Waals surface area contributed by atoms with Gasteiger partial charge in [0.1, 0.15) is 5.75 Å². The highest BCUT2D eigenvalue weighted by Crippen LogP contribution is 2.28. The first-order valence-electron chi connectivity index (χ1n) is 10.9. The average molecular weight is 472 g/mol. The van der Waals surface area contributed by atoms with Crippen LogP contribution in [0.4, 0.5) is 0 Å². The molecule has 1 heterocycles. The van der Waals surface area contributed by atoms with E-state index in [0.717, 1.165) is 28.3 Å². The van der Waals surface area contributed by atoms with Crippen molar-refractivity contribution in [2.75, 3.05) is 12.4 Å². The molecule has 0 aliphatic carbocycles. The van der Waals surface area contributed by atoms with Crippen molar-refractivity contribution in [3.05, 3.63) is 90.5 Å². The Morgan fingerprint density at radius 2 is 1.65 bits per heavy atom. The van der Waals surface area contributed by atoms with Crippen LogP contribution in [0, 0.1) is 0 Å². The van der Waals surface area contributed by atoms with Crippen molar-refractivity contribution in [1.29, 1.82) is 0 Å². The van der Waals surface area contributed by atoms with E-state index >= 15 is 0 Å². The number of hydrogen-bond acceptors (Lipinski definition) is 6. The minimum absolute atomic E-state index is 0.148. The van der Waals surface area contributed by atoms with Gasteiger partial charge in [0.25, 0.3) is 5.91 Å². The van der Waals surface area contributed by atoms with Crippen LogP contribution >= 0.6 is 11.8 Å². The highest BCUT2D eigenvalue weighted by Gasteiger charge is 2.17. The minimum atomic E-state index is -0.220. The first-order valence-corrected chi connectivity index (χ1v) is 11.9. The van der Waals surface area contributed by atoms with Crippen molar-refractivity contribution in [1.82, 2.24) is 20.2 Å². The van der Waals surface area contributed by atoms with Crippen LogP contribution in [0.15, 0.2) is 95.2 Å². The van der Waals surface area contributed by atoms with Crippen LogP contribution in [-0.4, -0.2) is 38.7 Å². The predicted molar refractivity (Wildman–Crippen MR) is 135 cm³/mol. The van der Waals surface area contributed by atoms with Crippen LogP contribution in [-0.2, 0) is 4.79 Å². The standard InChI is InChI=1S/C26H25N5O2S/c1-3-33-23-16-14-22(15-17-23)31-25(21-12-8-5-9-13-21)29-30-26(31)34-18-24(32)28-27-19(2)20-10-6-4-7-11-20/h4-17H,3,18H2,1-2H3,(H,28,32)/b27-19+. The number of ether oxygens (including phenoxy) is 1. The van der Waals surface area contributed by atoms with Crippen LogP contribution < -0.4 is 10.2 Å². The largest absolute Gasteiger partial charge is 0.494 e. The minimum Gasteiger partial charge on any atom is -0.494 e. The number of carbonyl (C=O) groups excluding carboxylic acids is 1. The maximum Gasteiger partial charge on any atom is 0.250 e. The first kappa shape index (κ1) is 23.3. The summed E-state index contributed by atoms with van der Waals surface area (Å²) < 4.78 is 7.52. The number of aromatic nitrogens is 3. The van der Waals surface area contributed by atoms with E-state index in [0.29, 0.717) is 17.6 Å². The van der Waals surface area contributed by atoms with Crippen molar-refractivity contribution in [2.24, 2.45) is 5.10 Å². The molecule has 34 heavy (non-hydrogen) atoms. The van der Waals surface area contributed by atoms with Crippen molar-refractivity contribution < 1.29 is 9.53 Å². The second-order valence-corrected chi connectivity index (χ2v) is 8.26. The molecule has 4 aromatic rings. The molecule has 0 atom stereocenters. The third kappa shape index (κ3) is 5.71. The SMILES string of the molecule is CCOc1ccc(-n2c(SCC(=O)N/N=C(\C)c3ccccc3)nnc2-c2ccccc2)cc1. The van der Waals surface area contributed by atoms with Crippen molar-refractivity contribution in [3.8, 4) is 22.8 Å². The number of hydrogen-bond donors (Lipinski definition) is 1. The van der Waals surface area contributed by atoms with Gasteiger partial charge in [-0.15, -0.1) is 10.2 Å². The summed E-state index contributed by atoms with van der Waals surface area (Å²) >= 11 is 1.30. The summed E-state index contributed by atoms with van der Waals surface area (Å²) in [6.07, 6.45) is 0. The number of benzene rings is 3. The summed E-state index contributed by atoms with van der Waals surface area (Å²) in [5.41, 5.74) is 6.14. The normalized spacial score (nSPS) is 11.3. The number of rotatable bonds is 9. The number of hydrazone groups is 1. The highest BCUT2D eigenvalue weighted by atomic mass is 32.2. The molecule has 8 heteroatoms. The van der Waals surface area contributed by atoms with Gasteiger partial charge in [-0.05, 0) is 43.7 Å². The summed E-state index contributed by atoms with van der Waals surface area (Å²) in [7, 11) is 0. The summed E-state index contributed by atoms with van der Waals surface area (Å²) in [6, 6.07) is 27.3. The monoisotopic (exact) mass is 471 g/mol. The van der Waals surface area contributed by atoms with E-state index < -0.39 is 0 Å². The van der Waals surface area contributed by atoms with Gasteiger partial charge in [0, 0.05) is 11.3 Å². The second kappa shape index (κ2) is 11.3. The molecule has 0 unspecified atom stereocenters. The molecule has 1 N–H and O–H groups in total. The Balaban J connectivity index is 1.53. The smallest absolute Gasteiger partial charge is 0.250 e. The van der Waals surface area contributed by atoms with E-state index in [4.69, 9.17) is 4.74 Å². The fourth-order valence-electron chi connectivity index (χ4n) is 3.28. The summed E-state index contributed by atoms with van der Waals surface area (Å²) in [4.78, 5) is 12.5. The lowest BCUT2D eigenvalue weighted by atomic mass is 10.1. The molecule has 172 valence electrons. The number of amides is 1. The molecule has 1 amide bonds. The lowest BCUT2D eigenvalue weighted by molar-refractivity contribution is -0.118. The van der Waals surface area contributed by atoms with Gasteiger partial charge in [-0.3, -0.25) is 9.36 Å². The van der Waals surface area contributed by atoms with E-state index in [1.807, 2.05) is 103 Å². The molecule has 0 fully saturated rings. The quantitative estimate of drug-likeness (QED) is 0.212. The zero-order valence-electron chi connectivity index (χ0n) is 19.0. The van der Waals surface area contributed by atoms with Crippen LogP contribution in [0.5, 0.6) is 5.75 Å². The van der Waals surface area contributed by atoms with E-state index in [2.05, 4.69) is 20.7 Å². The van der Waals surface area contributed by atoms with Gasteiger partial charge >= 0.3 is 0 Å². The van der Waals surface area contributed by atoms with E-state index in [1.165, 1.54) is 11.8 Å². The molecule has 4 rings (SSSR count). The molecule has 0 saturated heterocycles. The second-order valence-electron chi connectivity index (χ2n) is 7.32. The molecule has 3 aromatic carbocycles. The van der Waals surface area contributed by atoms with Crippen LogP contribution in [0.25, 0.3) is 17.1 Å². The summed E-state index contributed by atoms with van der Waals surface area (Å²) in [5, 5.41) is 13.6. The number of nitrogens with zero attached hydrogens (tertiary/aromatic N) is 4. The lowest BCUT2D eigenvalue weighted by Crippen LogP contribution is -2.21. The average Bonchev–Trinajstić information content (AvgIpc) is 3.31. The molecule has 0 bridgehead atoms. The Bertz CT molecular complexity index is 1260. The lowest BCUT2D eigenvalue weighted by Gasteiger charge is -2.11. The number of carbonyl (C=O) groups is 1. The zero-order chi connectivity index (χ0) is 23.8. The van der Waals surface area contributed by atoms with Gasteiger partial charge in [-0.1, -0.05) is 72.4 Å². The van der Waals surface area contributed by atoms with Gasteiger partial charge in [0.15, 0.2) is 11.0 Å². The van der Waals surface area contributed by atoms with E-state index in [1.54, 1.807) is 0 Å². The zero-order valence-corrected chi connectivity index (χ0v) is 19.8. The Labute approximate surface area is 202 Å². The Kier molecular flexibility index (Phi) is 7.72. The Morgan fingerprint density at radius 1 is 0.971 bits per heavy atom. The molecule has 7 nitrogen and oxygen atoms in total. The van der Waals surface area contributed by atoms with Gasteiger partial charge in [-0.25, -0.2) is 5.43 Å². The topological polar surface area (TPSA) is 81.4 Å². The summed E-state index contributed by atoms with van der Waals surface area (Å²) in [5.74, 6) is 1.42. The highest BCUT2D eigenvalue weighted by molar-refractivity contribution is 7.99. The fraction of sp³-hybridized carbons (Fsp3) is 0.154. The van der Waals surface area contributed by atoms with Crippen molar-refractivity contribution in [2.45, 2.75) is 19.0 Å². The van der Waals surface area contributed by atoms with Gasteiger partial charge in [0.05, 0.1) is 18.1 Å². The maximum absolute atomic E-state index is 12.5. The van der Waals surface area contributed by atoms with E-state index in [9.17, 15) is 4.79 Å². The van der Waals surface area contributed by atoms with Gasteiger partial charge < -0.3 is 4.74 Å². The maximum atomic E-state index is 12.5. The molecule has 0 spiro atoms. The summed E-state index contributed by atoms with van der Waals surface area (Å²) in [6.45, 7) is 4.41. The van der Waals surface area contributed by atoms with Gasteiger partial charge in [0.2, 0.25) is 0 Å². The molecule has 0 aliphatic rings. The fourth-order valence-corrected chi connectivity index (χ4v) is 4.03.